The summed E-state index contributed by atoms with van der Waals surface area (Å²) < 4.78 is 40.6. The number of hydrogen-bond donors (Lipinski definition) is 3. The summed E-state index contributed by atoms with van der Waals surface area (Å²) in [6.07, 6.45) is 0.344. The number of piperidine rings is 1. The van der Waals surface area contributed by atoms with Crippen molar-refractivity contribution in [1.82, 2.24) is 20.7 Å². The first-order chi connectivity index (χ1) is 15.8. The molecule has 2 fully saturated rings. The molecule has 3 heterocycles. The smallest absolute Gasteiger partial charge is 0.406 e. The largest absolute Gasteiger partial charge is 0.573 e. The van der Waals surface area contributed by atoms with Gasteiger partial charge >= 0.3 is 6.36 Å². The van der Waals surface area contributed by atoms with E-state index in [0.29, 0.717) is 38.0 Å². The van der Waals surface area contributed by atoms with Crippen LogP contribution in [-0.4, -0.2) is 47.2 Å². The van der Waals surface area contributed by atoms with E-state index in [1.807, 2.05) is 12.1 Å². The highest BCUT2D eigenvalue weighted by Crippen LogP contribution is 2.26. The lowest BCUT2D eigenvalue weighted by atomic mass is 9.94. The zero-order chi connectivity index (χ0) is 23.4. The molecule has 3 N–H and O–H groups in total. The number of rotatable bonds is 5. The van der Waals surface area contributed by atoms with Gasteiger partial charge in [-0.25, -0.2) is 10.9 Å². The first-order valence-corrected chi connectivity index (χ1v) is 10.6. The standard InChI is InChI=1S/C22H24F3N5O3/c23-22(24,25)33-17-5-3-16(4-6-17)27-20(31)14-7-10-30(11-8-14)21(32)19-12-18(28-29-19)15-2-1-9-26-13-15/h1-6,9,13-14,18-19,28-29H,7-8,10-12H2,(H,27,31). The normalized spacial score (nSPS) is 21.6. The number of ether oxygens (including phenoxy) is 1. The van der Waals surface area contributed by atoms with Crippen LogP contribution in [0.4, 0.5) is 18.9 Å². The number of nitrogens with zero attached hydrogens (tertiary/aromatic N) is 2. The highest BCUT2D eigenvalue weighted by atomic mass is 19.4. The second-order valence-electron chi connectivity index (χ2n) is 8.08. The molecule has 0 saturated carbocycles. The summed E-state index contributed by atoms with van der Waals surface area (Å²) >= 11 is 0. The molecule has 2 aromatic rings. The zero-order valence-corrected chi connectivity index (χ0v) is 17.6. The average molecular weight is 463 g/mol. The van der Waals surface area contributed by atoms with Crippen molar-refractivity contribution >= 4 is 17.5 Å². The molecule has 8 nitrogen and oxygen atoms in total. The van der Waals surface area contributed by atoms with Crippen LogP contribution in [-0.2, 0) is 9.59 Å². The van der Waals surface area contributed by atoms with Gasteiger partial charge in [-0.15, -0.1) is 13.2 Å². The second kappa shape index (κ2) is 9.75. The summed E-state index contributed by atoms with van der Waals surface area (Å²) in [6.45, 7) is 0.927. The van der Waals surface area contributed by atoms with E-state index in [9.17, 15) is 22.8 Å². The lowest BCUT2D eigenvalue weighted by Gasteiger charge is -2.32. The Morgan fingerprint density at radius 1 is 1.09 bits per heavy atom. The number of nitrogens with one attached hydrogen (secondary N) is 3. The maximum Gasteiger partial charge on any atom is 0.573 e. The van der Waals surface area contributed by atoms with Gasteiger partial charge in [0.15, 0.2) is 0 Å². The number of pyridine rings is 1. The summed E-state index contributed by atoms with van der Waals surface area (Å²) in [5.74, 6) is -0.858. The van der Waals surface area contributed by atoms with Crippen LogP contribution >= 0.6 is 0 Å². The summed E-state index contributed by atoms with van der Waals surface area (Å²) in [6, 6.07) is 8.47. The van der Waals surface area contributed by atoms with Crippen LogP contribution in [0, 0.1) is 5.92 Å². The number of carbonyl (C=O) groups is 2. The van der Waals surface area contributed by atoms with Crippen LogP contribution in [0.5, 0.6) is 5.75 Å². The monoisotopic (exact) mass is 463 g/mol. The van der Waals surface area contributed by atoms with Gasteiger partial charge in [0.2, 0.25) is 11.8 Å². The molecule has 0 radical (unpaired) electrons. The molecule has 4 rings (SSSR count). The number of aromatic nitrogens is 1. The third kappa shape index (κ3) is 5.99. The number of hydrogen-bond acceptors (Lipinski definition) is 6. The molecule has 176 valence electrons. The van der Waals surface area contributed by atoms with E-state index in [0.717, 1.165) is 17.7 Å². The van der Waals surface area contributed by atoms with Gasteiger partial charge in [0.05, 0.1) is 0 Å². The van der Waals surface area contributed by atoms with Crippen molar-refractivity contribution in [3.05, 3.63) is 54.4 Å². The van der Waals surface area contributed by atoms with E-state index < -0.39 is 6.36 Å². The first-order valence-electron chi connectivity index (χ1n) is 10.6. The fourth-order valence-electron chi connectivity index (χ4n) is 4.09. The van der Waals surface area contributed by atoms with Crippen molar-refractivity contribution in [3.8, 4) is 5.75 Å². The Morgan fingerprint density at radius 3 is 2.45 bits per heavy atom. The van der Waals surface area contributed by atoms with E-state index in [1.165, 1.54) is 12.1 Å². The van der Waals surface area contributed by atoms with Gasteiger partial charge in [-0.05, 0) is 55.2 Å². The Hall–Kier alpha value is -3.18. The highest BCUT2D eigenvalue weighted by molar-refractivity contribution is 5.93. The Kier molecular flexibility index (Phi) is 6.80. The topological polar surface area (TPSA) is 95.6 Å². The molecular formula is C22H24F3N5O3. The van der Waals surface area contributed by atoms with Crippen molar-refractivity contribution < 1.29 is 27.5 Å². The van der Waals surface area contributed by atoms with Gasteiger partial charge in [-0.3, -0.25) is 14.6 Å². The molecule has 0 aliphatic carbocycles. The second-order valence-corrected chi connectivity index (χ2v) is 8.08. The van der Waals surface area contributed by atoms with E-state index in [-0.39, 0.29) is 35.6 Å². The van der Waals surface area contributed by atoms with Crippen LogP contribution in [0.25, 0.3) is 0 Å². The lowest BCUT2D eigenvalue weighted by Crippen LogP contribution is -2.49. The maximum absolute atomic E-state index is 12.9. The van der Waals surface area contributed by atoms with Crippen molar-refractivity contribution in [2.75, 3.05) is 18.4 Å². The zero-order valence-electron chi connectivity index (χ0n) is 17.6. The molecule has 2 saturated heterocycles. The number of alkyl halides is 3. The van der Waals surface area contributed by atoms with Crippen molar-refractivity contribution in [3.63, 3.8) is 0 Å². The van der Waals surface area contributed by atoms with E-state index in [1.54, 1.807) is 17.3 Å². The summed E-state index contributed by atoms with van der Waals surface area (Å²) in [5.41, 5.74) is 7.59. The predicted octanol–water partition coefficient (Wildman–Crippen LogP) is 2.77. The maximum atomic E-state index is 12.9. The minimum atomic E-state index is -4.76. The van der Waals surface area contributed by atoms with E-state index in [2.05, 4.69) is 25.9 Å². The number of anilines is 1. The van der Waals surface area contributed by atoms with E-state index in [4.69, 9.17) is 0 Å². The summed E-state index contributed by atoms with van der Waals surface area (Å²) in [5, 5.41) is 2.72. The van der Waals surface area contributed by atoms with Crippen molar-refractivity contribution in [2.45, 2.75) is 37.7 Å². The molecule has 2 atom stereocenters. The molecule has 1 aromatic heterocycles. The molecule has 2 aliphatic rings. The molecule has 2 aliphatic heterocycles. The number of benzene rings is 1. The summed E-state index contributed by atoms with van der Waals surface area (Å²) in [7, 11) is 0. The SMILES string of the molecule is O=C(Nc1ccc(OC(F)(F)F)cc1)C1CCN(C(=O)C2CC(c3cccnc3)NN2)CC1. The number of likely N-dealkylation sites (tertiary alicyclic amines) is 1. The highest BCUT2D eigenvalue weighted by Gasteiger charge is 2.35. The quantitative estimate of drug-likeness (QED) is 0.631. The van der Waals surface area contributed by atoms with Gasteiger partial charge in [0.1, 0.15) is 11.8 Å². The fraction of sp³-hybridized carbons (Fsp3) is 0.409. The predicted molar refractivity (Wildman–Crippen MR) is 113 cm³/mol. The van der Waals surface area contributed by atoms with Crippen LogP contribution in [0.1, 0.15) is 30.9 Å². The van der Waals surface area contributed by atoms with Crippen LogP contribution in [0.2, 0.25) is 0 Å². The van der Waals surface area contributed by atoms with Gasteiger partial charge < -0.3 is 15.0 Å². The summed E-state index contributed by atoms with van der Waals surface area (Å²) in [4.78, 5) is 31.3. The first kappa shape index (κ1) is 23.0. The fourth-order valence-corrected chi connectivity index (χ4v) is 4.09. The Balaban J connectivity index is 1.24. The average Bonchev–Trinajstić information content (AvgIpc) is 3.30. The minimum Gasteiger partial charge on any atom is -0.406 e. The van der Waals surface area contributed by atoms with Gasteiger partial charge in [0.25, 0.3) is 0 Å². The van der Waals surface area contributed by atoms with Crippen LogP contribution in [0.3, 0.4) is 0 Å². The molecule has 0 bridgehead atoms. The van der Waals surface area contributed by atoms with Crippen LogP contribution < -0.4 is 20.9 Å². The van der Waals surface area contributed by atoms with Gasteiger partial charge in [0, 0.05) is 43.1 Å². The molecule has 11 heteroatoms. The van der Waals surface area contributed by atoms with Crippen LogP contribution in [0.15, 0.2) is 48.8 Å². The van der Waals surface area contributed by atoms with E-state index >= 15 is 0 Å². The van der Waals surface area contributed by atoms with Crippen molar-refractivity contribution in [1.29, 1.82) is 0 Å². The minimum absolute atomic E-state index is 0.00360. The Morgan fingerprint density at radius 2 is 1.82 bits per heavy atom. The molecule has 1 aromatic carbocycles. The molecular weight excluding hydrogens is 439 g/mol. The Labute approximate surface area is 188 Å². The lowest BCUT2D eigenvalue weighted by molar-refractivity contribution is -0.274. The third-order valence-electron chi connectivity index (χ3n) is 5.82. The van der Waals surface area contributed by atoms with Gasteiger partial charge in [-0.2, -0.15) is 0 Å². The Bertz CT molecular complexity index is 963. The molecule has 2 amide bonds. The number of amides is 2. The van der Waals surface area contributed by atoms with Gasteiger partial charge in [-0.1, -0.05) is 6.07 Å². The number of hydrazine groups is 1. The number of halogens is 3. The molecule has 33 heavy (non-hydrogen) atoms. The molecule has 0 spiro atoms. The third-order valence-corrected chi connectivity index (χ3v) is 5.82. The molecule has 2 unspecified atom stereocenters. The van der Waals surface area contributed by atoms with Crippen molar-refractivity contribution in [2.24, 2.45) is 5.92 Å². The number of carbonyl (C=O) groups excluding carboxylic acids is 2.